The van der Waals surface area contributed by atoms with Crippen LogP contribution in [0.4, 0.5) is 22.1 Å². The van der Waals surface area contributed by atoms with Gasteiger partial charge in [0.25, 0.3) is 0 Å². The molecule has 0 spiro atoms. The predicted molar refractivity (Wildman–Crippen MR) is 134 cm³/mol. The van der Waals surface area contributed by atoms with Crippen molar-refractivity contribution in [2.24, 2.45) is 5.92 Å². The van der Waals surface area contributed by atoms with Crippen molar-refractivity contribution in [3.8, 4) is 17.6 Å². The summed E-state index contributed by atoms with van der Waals surface area (Å²) in [6.45, 7) is 0. The number of hydrogen-bond acceptors (Lipinski definition) is 6. The van der Waals surface area contributed by atoms with Gasteiger partial charge in [0.05, 0.1) is 22.7 Å². The van der Waals surface area contributed by atoms with Crippen molar-refractivity contribution in [1.82, 2.24) is 15.5 Å². The summed E-state index contributed by atoms with van der Waals surface area (Å²) >= 11 is 6.56. The highest BCUT2D eigenvalue weighted by Crippen LogP contribution is 2.37. The highest BCUT2D eigenvalue weighted by atomic mass is 35.5. The maximum Gasteiger partial charge on any atom is 0.327 e. The number of rotatable bonds is 6. The molecule has 0 radical (unpaired) electrons. The van der Waals surface area contributed by atoms with Crippen molar-refractivity contribution < 1.29 is 18.3 Å². The number of nitrogens with zero attached hydrogens (tertiary/aromatic N) is 3. The Morgan fingerprint density at radius 3 is 2.71 bits per heavy atom. The second-order valence-electron chi connectivity index (χ2n) is 7.75. The van der Waals surface area contributed by atoms with Gasteiger partial charge in [-0.25, -0.2) is 18.9 Å². The summed E-state index contributed by atoms with van der Waals surface area (Å²) in [5.41, 5.74) is 1.03. The zero-order valence-electron chi connectivity index (χ0n) is 19.2. The van der Waals surface area contributed by atoms with Crippen LogP contribution < -0.4 is 19.7 Å². The fraction of sp³-hybridized carbons (Fsp3) is 0.292. The first kappa shape index (κ1) is 24.6. The standard InChI is InChI=1S/C24H24ClN5O4S/c1-26-24(31)30(23-10-9-18(15-27-23)35(32)29-22-11-12-34-28-22)20-14-19(25)17(13-21(20)33-2)8-7-16-5-3-4-6-16/h9-16H,3-6H2,1-2H3,(H,26,31)(H,28,29). The largest absolute Gasteiger partial charge is 0.495 e. The van der Waals surface area contributed by atoms with E-state index in [2.05, 4.69) is 32.0 Å². The van der Waals surface area contributed by atoms with Crippen molar-refractivity contribution in [3.05, 3.63) is 53.4 Å². The van der Waals surface area contributed by atoms with E-state index in [0.717, 1.165) is 12.8 Å². The van der Waals surface area contributed by atoms with Crippen LogP contribution in [0.5, 0.6) is 5.75 Å². The fourth-order valence-electron chi connectivity index (χ4n) is 3.71. The van der Waals surface area contributed by atoms with Gasteiger partial charge in [-0.1, -0.05) is 41.4 Å². The minimum Gasteiger partial charge on any atom is -0.495 e. The molecule has 0 saturated heterocycles. The number of halogens is 1. The average Bonchev–Trinajstić information content (AvgIpc) is 3.58. The number of aromatic nitrogens is 2. The molecule has 1 aromatic carbocycles. The Morgan fingerprint density at radius 2 is 2.09 bits per heavy atom. The molecule has 11 heteroatoms. The Kier molecular flexibility index (Phi) is 7.90. The molecule has 2 heterocycles. The van der Waals surface area contributed by atoms with Crippen molar-refractivity contribution in [3.63, 3.8) is 0 Å². The SMILES string of the molecule is CNC(=O)N(c1ccc(S(=O)Nc2ccon2)cn1)c1cc(Cl)c(C#CC2CCCC2)cc1OC. The minimum atomic E-state index is -1.62. The summed E-state index contributed by atoms with van der Waals surface area (Å²) in [6, 6.07) is 7.62. The van der Waals surface area contributed by atoms with Gasteiger partial charge in [0.2, 0.25) is 0 Å². The van der Waals surface area contributed by atoms with Gasteiger partial charge in [0.1, 0.15) is 17.8 Å². The molecule has 1 atom stereocenters. The molecule has 1 aliphatic rings. The molecule has 0 bridgehead atoms. The Hall–Kier alpha value is -3.55. The number of nitrogens with one attached hydrogen (secondary N) is 2. The number of urea groups is 1. The van der Waals surface area contributed by atoms with E-state index in [0.29, 0.717) is 38.7 Å². The lowest BCUT2D eigenvalue weighted by molar-refractivity contribution is 0.250. The van der Waals surface area contributed by atoms with E-state index in [4.69, 9.17) is 20.9 Å². The Morgan fingerprint density at radius 1 is 1.29 bits per heavy atom. The third-order valence-corrected chi connectivity index (χ3v) is 6.87. The van der Waals surface area contributed by atoms with E-state index in [1.54, 1.807) is 30.3 Å². The first-order valence-electron chi connectivity index (χ1n) is 11.0. The van der Waals surface area contributed by atoms with Gasteiger partial charge in [0.15, 0.2) is 16.8 Å². The van der Waals surface area contributed by atoms with Gasteiger partial charge in [-0.2, -0.15) is 0 Å². The summed E-state index contributed by atoms with van der Waals surface area (Å²) < 4.78 is 25.5. The van der Waals surface area contributed by atoms with E-state index in [1.165, 1.54) is 44.4 Å². The molecule has 0 aliphatic heterocycles. The number of carbonyl (C=O) groups is 1. The Bertz CT molecular complexity index is 1270. The van der Waals surface area contributed by atoms with Crippen LogP contribution in [0.15, 0.2) is 52.2 Å². The topological polar surface area (TPSA) is 110 Å². The maximum absolute atomic E-state index is 12.9. The summed E-state index contributed by atoms with van der Waals surface area (Å²) in [5, 5.41) is 6.68. The highest BCUT2D eigenvalue weighted by Gasteiger charge is 2.24. The molecule has 182 valence electrons. The van der Waals surface area contributed by atoms with E-state index < -0.39 is 17.0 Å². The zero-order chi connectivity index (χ0) is 24.8. The van der Waals surface area contributed by atoms with Crippen molar-refractivity contribution in [1.29, 1.82) is 0 Å². The van der Waals surface area contributed by atoms with Gasteiger partial charge in [-0.15, -0.1) is 0 Å². The van der Waals surface area contributed by atoms with Crippen LogP contribution in [0.3, 0.4) is 0 Å². The maximum atomic E-state index is 12.9. The van der Waals surface area contributed by atoms with Gasteiger partial charge >= 0.3 is 6.03 Å². The van der Waals surface area contributed by atoms with Crippen LogP contribution in [-0.4, -0.2) is 34.5 Å². The van der Waals surface area contributed by atoms with Crippen molar-refractivity contribution >= 4 is 45.9 Å². The third-order valence-electron chi connectivity index (χ3n) is 5.49. The summed E-state index contributed by atoms with van der Waals surface area (Å²) in [6.07, 6.45) is 7.38. The fourth-order valence-corrected chi connectivity index (χ4v) is 4.67. The number of pyridine rings is 1. The van der Waals surface area contributed by atoms with Crippen LogP contribution in [0.1, 0.15) is 31.2 Å². The van der Waals surface area contributed by atoms with Gasteiger partial charge in [0, 0.05) is 30.8 Å². The molecule has 35 heavy (non-hydrogen) atoms. The number of benzene rings is 1. The summed E-state index contributed by atoms with van der Waals surface area (Å²) in [4.78, 5) is 18.9. The number of carbonyl (C=O) groups excluding carboxylic acids is 1. The molecule has 3 aromatic rings. The van der Waals surface area contributed by atoms with Crippen molar-refractivity contribution in [2.75, 3.05) is 23.8 Å². The molecule has 2 aromatic heterocycles. The van der Waals surface area contributed by atoms with E-state index in [9.17, 15) is 9.00 Å². The lowest BCUT2D eigenvalue weighted by Gasteiger charge is -2.24. The number of anilines is 3. The number of amides is 2. The van der Waals surface area contributed by atoms with Gasteiger partial charge in [-0.05, 0) is 37.1 Å². The Labute approximate surface area is 210 Å². The lowest BCUT2D eigenvalue weighted by atomic mass is 10.1. The molecule has 4 rings (SSSR count). The highest BCUT2D eigenvalue weighted by molar-refractivity contribution is 7.86. The second-order valence-corrected chi connectivity index (χ2v) is 9.37. The van der Waals surface area contributed by atoms with Crippen LogP contribution >= 0.6 is 11.6 Å². The van der Waals surface area contributed by atoms with Crippen LogP contribution in [-0.2, 0) is 11.0 Å². The third kappa shape index (κ3) is 5.75. The summed E-state index contributed by atoms with van der Waals surface area (Å²) in [5.74, 6) is 7.87. The first-order valence-corrected chi connectivity index (χ1v) is 12.5. The van der Waals surface area contributed by atoms with Gasteiger partial charge < -0.3 is 14.6 Å². The smallest absolute Gasteiger partial charge is 0.327 e. The quantitative estimate of drug-likeness (QED) is 0.454. The normalized spacial score (nSPS) is 14.0. The van der Waals surface area contributed by atoms with Crippen LogP contribution in [0.2, 0.25) is 5.02 Å². The Balaban J connectivity index is 1.64. The lowest BCUT2D eigenvalue weighted by Crippen LogP contribution is -2.35. The molecule has 1 fully saturated rings. The van der Waals surface area contributed by atoms with E-state index in [-0.39, 0.29) is 5.82 Å². The zero-order valence-corrected chi connectivity index (χ0v) is 20.8. The van der Waals surface area contributed by atoms with Crippen LogP contribution in [0, 0.1) is 17.8 Å². The minimum absolute atomic E-state index is 0.283. The molecular weight excluding hydrogens is 490 g/mol. The molecule has 1 saturated carbocycles. The molecule has 1 unspecified atom stereocenters. The van der Waals surface area contributed by atoms with E-state index in [1.807, 2.05) is 0 Å². The monoisotopic (exact) mass is 513 g/mol. The number of methoxy groups -OCH3 is 1. The first-order chi connectivity index (χ1) is 17.0. The average molecular weight is 514 g/mol. The summed E-state index contributed by atoms with van der Waals surface area (Å²) in [7, 11) is 1.40. The van der Waals surface area contributed by atoms with Gasteiger partial charge in [-0.3, -0.25) is 4.72 Å². The molecule has 9 nitrogen and oxygen atoms in total. The van der Waals surface area contributed by atoms with Crippen molar-refractivity contribution in [2.45, 2.75) is 30.6 Å². The van der Waals surface area contributed by atoms with E-state index >= 15 is 0 Å². The molecular formula is C24H24ClN5O4S. The molecule has 1 aliphatic carbocycles. The van der Waals surface area contributed by atoms with Crippen LogP contribution in [0.25, 0.3) is 0 Å². The molecule has 2 amide bonds. The number of ether oxygens (including phenoxy) is 1. The second kappa shape index (κ2) is 11.3. The number of hydrogen-bond donors (Lipinski definition) is 2. The predicted octanol–water partition coefficient (Wildman–Crippen LogP) is 4.89. The molecule has 2 N–H and O–H groups in total.